The van der Waals surface area contributed by atoms with E-state index in [0.717, 1.165) is 80.9 Å². The van der Waals surface area contributed by atoms with Gasteiger partial charge in [-0.05, 0) is 116 Å². The second-order valence-corrected chi connectivity index (χ2v) is 25.6. The zero-order valence-electron chi connectivity index (χ0n) is 49.9. The van der Waals surface area contributed by atoms with Crippen molar-refractivity contribution in [1.29, 1.82) is 0 Å². The topological polar surface area (TPSA) is 206 Å². The summed E-state index contributed by atoms with van der Waals surface area (Å²) < 4.78 is 43.3. The molecule has 6 N–H and O–H groups in total. The average molecular weight is 1160 g/mol. The second-order valence-electron chi connectivity index (χ2n) is 25.6. The molecular formula is C64H89F2N11O7. The molecule has 1 spiro atoms. The summed E-state index contributed by atoms with van der Waals surface area (Å²) in [7, 11) is 0. The first-order chi connectivity index (χ1) is 40.3. The monoisotopic (exact) mass is 1160 g/mol. The van der Waals surface area contributed by atoms with Gasteiger partial charge in [-0.2, -0.15) is 0 Å². The Balaban J connectivity index is 0.632. The minimum atomic E-state index is -1.24. The molecule has 4 amide bonds. The quantitative estimate of drug-likeness (QED) is 0.0387. The number of benzene rings is 3. The van der Waals surface area contributed by atoms with Gasteiger partial charge in [0.1, 0.15) is 48.4 Å². The Morgan fingerprint density at radius 2 is 1.51 bits per heavy atom. The van der Waals surface area contributed by atoms with Crippen LogP contribution < -0.4 is 36.4 Å². The van der Waals surface area contributed by atoms with Gasteiger partial charge in [0.15, 0.2) is 0 Å². The molecular weight excluding hydrogens is 1070 g/mol. The van der Waals surface area contributed by atoms with E-state index in [4.69, 9.17) is 9.47 Å². The number of halogens is 2. The molecule has 1 aromatic heterocycles. The van der Waals surface area contributed by atoms with Crippen LogP contribution in [0.4, 0.5) is 26.1 Å². The third kappa shape index (κ3) is 17.4. The van der Waals surface area contributed by atoms with E-state index in [1.54, 1.807) is 4.90 Å². The minimum Gasteiger partial charge on any atom is -0.383 e. The lowest BCUT2D eigenvalue weighted by Crippen LogP contribution is -2.66. The summed E-state index contributed by atoms with van der Waals surface area (Å²) in [6.45, 7) is 18.7. The van der Waals surface area contributed by atoms with Crippen LogP contribution in [0.2, 0.25) is 0 Å². The first-order valence-electron chi connectivity index (χ1n) is 30.5. The summed E-state index contributed by atoms with van der Waals surface area (Å²) in [5.74, 6) is 0.114. The Morgan fingerprint density at radius 3 is 2.24 bits per heavy atom. The van der Waals surface area contributed by atoms with Crippen LogP contribution in [0.1, 0.15) is 102 Å². The third-order valence-electron chi connectivity index (χ3n) is 17.8. The van der Waals surface area contributed by atoms with Crippen LogP contribution in [-0.4, -0.2) is 158 Å². The van der Waals surface area contributed by atoms with Gasteiger partial charge < -0.3 is 55.9 Å². The number of anilines is 3. The number of carbonyl (C=O) groups excluding carboxylic acids is 4. The highest BCUT2D eigenvalue weighted by Crippen LogP contribution is 2.40. The average Bonchev–Trinajstić information content (AvgIpc) is 2.78. The Labute approximate surface area is 494 Å². The predicted molar refractivity (Wildman–Crippen MR) is 320 cm³/mol. The van der Waals surface area contributed by atoms with Crippen LogP contribution in [0.5, 0.6) is 0 Å². The number of rotatable bonds is 26. The van der Waals surface area contributed by atoms with E-state index in [-0.39, 0.29) is 59.9 Å². The van der Waals surface area contributed by atoms with Crippen LogP contribution in [0.15, 0.2) is 79.1 Å². The zero-order valence-corrected chi connectivity index (χ0v) is 49.9. The number of fused-ring (bicyclic) bond motifs is 1. The number of likely N-dealkylation sites (tertiary alicyclic amines) is 2. The maximum absolute atomic E-state index is 15.8. The first kappa shape index (κ1) is 62.2. The van der Waals surface area contributed by atoms with Gasteiger partial charge in [0.25, 0.3) is 0 Å². The molecule has 0 radical (unpaired) electrons. The lowest BCUT2D eigenvalue weighted by atomic mass is 9.82. The van der Waals surface area contributed by atoms with Crippen LogP contribution in [0.25, 0.3) is 0 Å². The molecule has 5 aliphatic rings. The number of piperidine rings is 2. The molecule has 84 heavy (non-hydrogen) atoms. The van der Waals surface area contributed by atoms with E-state index in [1.165, 1.54) is 18.5 Å². The fourth-order valence-electron chi connectivity index (χ4n) is 12.8. The molecule has 0 unspecified atom stereocenters. The number of aliphatic hydroxyl groups excluding tert-OH is 1. The van der Waals surface area contributed by atoms with E-state index in [0.29, 0.717) is 108 Å². The van der Waals surface area contributed by atoms with E-state index >= 15 is 8.78 Å². The Morgan fingerprint density at radius 1 is 0.798 bits per heavy atom. The third-order valence-corrected chi connectivity index (χ3v) is 17.8. The number of nitrogens with one attached hydrogen (secondary N) is 5. The normalized spacial score (nSPS) is 21.6. The number of piperazine rings is 1. The Kier molecular flexibility index (Phi) is 21.3. The largest absolute Gasteiger partial charge is 0.383 e. The van der Waals surface area contributed by atoms with Gasteiger partial charge in [0.05, 0.1) is 37.1 Å². The number of ether oxygens (including phenoxy) is 2. The van der Waals surface area contributed by atoms with Crippen molar-refractivity contribution < 1.29 is 42.5 Å². The van der Waals surface area contributed by atoms with E-state index in [1.807, 2.05) is 75.4 Å². The first-order valence-corrected chi connectivity index (χ1v) is 30.5. The smallest absolute Gasteiger partial charge is 0.249 e. The van der Waals surface area contributed by atoms with Crippen LogP contribution in [-0.2, 0) is 54.7 Å². The van der Waals surface area contributed by atoms with Crippen LogP contribution >= 0.6 is 0 Å². The second kappa shape index (κ2) is 28.7. The van der Waals surface area contributed by atoms with Gasteiger partial charge in [0, 0.05) is 83.1 Å². The Bertz CT molecular complexity index is 2830. The van der Waals surface area contributed by atoms with Gasteiger partial charge in [-0.15, -0.1) is 0 Å². The fraction of sp³-hybridized carbons (Fsp3) is 0.594. The molecule has 4 aliphatic heterocycles. The number of aliphatic hydroxyl groups is 1. The van der Waals surface area contributed by atoms with Gasteiger partial charge in [-0.3, -0.25) is 24.1 Å². The molecule has 1 aliphatic carbocycles. The summed E-state index contributed by atoms with van der Waals surface area (Å²) in [5.41, 5.74) is 3.15. The predicted octanol–water partition coefficient (Wildman–Crippen LogP) is 6.21. The summed E-state index contributed by atoms with van der Waals surface area (Å²) in [4.78, 5) is 69.7. The van der Waals surface area contributed by atoms with Gasteiger partial charge >= 0.3 is 0 Å². The molecule has 1 saturated carbocycles. The highest BCUT2D eigenvalue weighted by atomic mass is 19.1. The van der Waals surface area contributed by atoms with Crippen molar-refractivity contribution in [2.24, 2.45) is 29.1 Å². The molecule has 0 bridgehead atoms. The van der Waals surface area contributed by atoms with Crippen molar-refractivity contribution in [2.45, 2.75) is 129 Å². The van der Waals surface area contributed by atoms with Gasteiger partial charge in [0.2, 0.25) is 23.6 Å². The molecule has 4 aromatic rings. The molecule has 20 heteroatoms. The maximum atomic E-state index is 15.8. The van der Waals surface area contributed by atoms with E-state index in [2.05, 4.69) is 71.2 Å². The van der Waals surface area contributed by atoms with Crippen molar-refractivity contribution in [3.8, 4) is 0 Å². The maximum Gasteiger partial charge on any atom is 0.249 e. The molecule has 6 atom stereocenters. The number of aromatic nitrogens is 2. The summed E-state index contributed by atoms with van der Waals surface area (Å²) in [6, 6.07) is 21.5. The lowest BCUT2D eigenvalue weighted by molar-refractivity contribution is -0.136. The summed E-state index contributed by atoms with van der Waals surface area (Å²) in [5, 5.41) is 26.1. The molecule has 9 rings (SSSR count). The fourth-order valence-corrected chi connectivity index (χ4v) is 12.8. The Hall–Kier alpha value is -6.32. The zero-order chi connectivity index (χ0) is 59.4. The van der Waals surface area contributed by atoms with Crippen molar-refractivity contribution in [3.63, 3.8) is 0 Å². The van der Waals surface area contributed by atoms with Crippen LogP contribution in [0, 0.1) is 40.7 Å². The molecule has 4 saturated heterocycles. The molecule has 5 fully saturated rings. The SMILES string of the molecule is CC(C)C[C@H](NC(=O)[C@@H](O)[C@H](C)Cc1ccccc1)C(=O)NCCOCCN1C[C@H]2C[C@@H](OCC(=O)NCc3cccc(CNc4cc(N5CCC6(CC5)CN(c5cc(F)c(CN7CCC(C)(C)CC7)cc5F)CC(=O)N6)ncn4)c3)C[C@H]2C1. The van der Waals surface area contributed by atoms with Crippen molar-refractivity contribution >= 4 is 41.0 Å². The standard InChI is InChI=1S/C64H89F2N11O7/c1-43(2)26-54(72-62(82)60(80)44(3)27-45-10-7-6-8-11-45)61(81)67-18-24-83-25-23-75-36-48-29-51(30-49(48)37-75)84-40-59(79)69-35-47-13-9-12-46(28-47)34-68-56-33-57(71-42-70-56)76-21-16-64(17-22-76)41-77(39-58(78)73-64)55-32-52(65)50(31-53(55)66)38-74-19-14-63(4,5)15-20-74/h6-13,28,31-33,42-44,48-49,51,54,60,80H,14-27,29-30,34-41H2,1-5H3,(H,67,81)(H,69,79)(H,72,82)(H,73,78)(H,68,70,71)/t44-,48-,49+,51-,54+,60+/m1/s1. The summed E-state index contributed by atoms with van der Waals surface area (Å²) >= 11 is 0. The van der Waals surface area contributed by atoms with E-state index in [9.17, 15) is 24.3 Å². The van der Waals surface area contributed by atoms with E-state index < -0.39 is 35.2 Å². The molecule has 3 aromatic carbocycles. The highest BCUT2D eigenvalue weighted by molar-refractivity contribution is 5.89. The van der Waals surface area contributed by atoms with Crippen LogP contribution in [0.3, 0.4) is 0 Å². The number of hydrogen-bond donors (Lipinski definition) is 6. The molecule has 456 valence electrons. The lowest BCUT2D eigenvalue weighted by Gasteiger charge is -2.48. The van der Waals surface area contributed by atoms with Crippen molar-refractivity contribution in [1.82, 2.24) is 41.0 Å². The van der Waals surface area contributed by atoms with Crippen molar-refractivity contribution in [3.05, 3.63) is 113 Å². The number of hydrogen-bond acceptors (Lipinski definition) is 14. The molecule has 5 heterocycles. The van der Waals surface area contributed by atoms with Crippen molar-refractivity contribution in [2.75, 3.05) is 100 Å². The number of nitrogens with zero attached hydrogens (tertiary/aromatic N) is 6. The molecule has 18 nitrogen and oxygen atoms in total. The number of carbonyl (C=O) groups is 4. The van der Waals surface area contributed by atoms with Gasteiger partial charge in [-0.25, -0.2) is 18.7 Å². The number of amides is 4. The van der Waals surface area contributed by atoms with Gasteiger partial charge in [-0.1, -0.05) is 89.2 Å². The minimum absolute atomic E-state index is 0.00878. The summed E-state index contributed by atoms with van der Waals surface area (Å²) in [6.07, 6.45) is 6.42. The highest BCUT2D eigenvalue weighted by Gasteiger charge is 2.43.